The summed E-state index contributed by atoms with van der Waals surface area (Å²) in [5.74, 6) is 0.345. The molecule has 0 spiro atoms. The van der Waals surface area contributed by atoms with E-state index in [0.717, 1.165) is 45.3 Å². The summed E-state index contributed by atoms with van der Waals surface area (Å²) in [5, 5.41) is 3.06. The molecule has 0 bridgehead atoms. The second-order valence-electron chi connectivity index (χ2n) is 8.48. The number of piperidine rings is 2. The van der Waals surface area contributed by atoms with Gasteiger partial charge in [-0.2, -0.15) is 0 Å². The molecule has 0 unspecified atom stereocenters. The highest BCUT2D eigenvalue weighted by Crippen LogP contribution is 2.25. The average Bonchev–Trinajstić information content (AvgIpc) is 2.71. The number of likely N-dealkylation sites (tertiary alicyclic amines) is 2. The second kappa shape index (κ2) is 9.50. The van der Waals surface area contributed by atoms with Gasteiger partial charge in [0.25, 0.3) is 5.91 Å². The Morgan fingerprint density at radius 2 is 1.79 bits per heavy atom. The highest BCUT2D eigenvalue weighted by Gasteiger charge is 2.31. The highest BCUT2D eigenvalue weighted by molar-refractivity contribution is 5.94. The minimum atomic E-state index is -0.374. The molecule has 3 rings (SSSR count). The first-order valence-corrected chi connectivity index (χ1v) is 10.5. The van der Waals surface area contributed by atoms with Crippen LogP contribution in [-0.2, 0) is 4.79 Å². The van der Waals surface area contributed by atoms with Gasteiger partial charge < -0.3 is 15.1 Å². The Kier molecular flexibility index (Phi) is 7.05. The molecular weight excluding hydrogens is 357 g/mol. The number of nitrogens with zero attached hydrogens (tertiary/aromatic N) is 2. The van der Waals surface area contributed by atoms with E-state index in [2.05, 4.69) is 24.1 Å². The predicted molar refractivity (Wildman–Crippen MR) is 107 cm³/mol. The van der Waals surface area contributed by atoms with E-state index >= 15 is 0 Å². The van der Waals surface area contributed by atoms with Crippen molar-refractivity contribution in [1.29, 1.82) is 0 Å². The van der Waals surface area contributed by atoms with Gasteiger partial charge in [-0.25, -0.2) is 4.39 Å². The van der Waals surface area contributed by atoms with Crippen molar-refractivity contribution in [2.75, 3.05) is 32.7 Å². The van der Waals surface area contributed by atoms with Crippen LogP contribution in [0.1, 0.15) is 49.9 Å². The first-order valence-electron chi connectivity index (χ1n) is 10.5. The maximum Gasteiger partial charge on any atom is 0.253 e. The van der Waals surface area contributed by atoms with E-state index in [1.807, 2.05) is 4.90 Å². The smallest absolute Gasteiger partial charge is 0.253 e. The number of benzene rings is 1. The van der Waals surface area contributed by atoms with Crippen LogP contribution in [0.15, 0.2) is 24.3 Å². The van der Waals surface area contributed by atoms with Gasteiger partial charge in [0.05, 0.1) is 0 Å². The van der Waals surface area contributed by atoms with Crippen molar-refractivity contribution in [3.8, 4) is 0 Å². The van der Waals surface area contributed by atoms with Crippen LogP contribution in [0.3, 0.4) is 0 Å². The summed E-state index contributed by atoms with van der Waals surface area (Å²) >= 11 is 0. The van der Waals surface area contributed by atoms with Crippen molar-refractivity contribution in [1.82, 2.24) is 15.1 Å². The molecule has 2 fully saturated rings. The quantitative estimate of drug-likeness (QED) is 0.843. The number of amides is 2. The molecule has 0 aromatic heterocycles. The number of nitrogens with one attached hydrogen (secondary N) is 1. The van der Waals surface area contributed by atoms with Crippen molar-refractivity contribution in [2.24, 2.45) is 11.8 Å². The van der Waals surface area contributed by atoms with Crippen molar-refractivity contribution in [3.63, 3.8) is 0 Å². The van der Waals surface area contributed by atoms with Crippen LogP contribution in [0.5, 0.6) is 0 Å². The van der Waals surface area contributed by atoms with Gasteiger partial charge >= 0.3 is 0 Å². The zero-order chi connectivity index (χ0) is 20.1. The second-order valence-corrected chi connectivity index (χ2v) is 8.48. The molecular formula is C22H32FN3O2. The Bertz CT molecular complexity index is 678. The molecule has 2 heterocycles. The summed E-state index contributed by atoms with van der Waals surface area (Å²) in [6.45, 7) is 8.26. The lowest BCUT2D eigenvalue weighted by atomic mass is 9.92. The molecule has 154 valence electrons. The maximum absolute atomic E-state index is 13.4. The van der Waals surface area contributed by atoms with E-state index in [9.17, 15) is 14.0 Å². The van der Waals surface area contributed by atoms with Gasteiger partial charge in [0.2, 0.25) is 5.91 Å². The lowest BCUT2D eigenvalue weighted by Crippen LogP contribution is -2.50. The molecule has 1 N–H and O–H groups in total. The number of carbonyl (C=O) groups excluding carboxylic acids is 2. The minimum Gasteiger partial charge on any atom is -0.356 e. The van der Waals surface area contributed by atoms with Crippen molar-refractivity contribution in [3.05, 3.63) is 35.6 Å². The van der Waals surface area contributed by atoms with Crippen LogP contribution < -0.4 is 5.32 Å². The van der Waals surface area contributed by atoms with Crippen molar-refractivity contribution in [2.45, 2.75) is 45.6 Å². The number of hydrogen-bond acceptors (Lipinski definition) is 3. The van der Waals surface area contributed by atoms with E-state index in [1.54, 1.807) is 12.1 Å². The minimum absolute atomic E-state index is 0.0847. The number of hydrogen-bond donors (Lipinski definition) is 1. The Hall–Kier alpha value is -1.95. The molecule has 0 saturated carbocycles. The molecule has 1 aromatic carbocycles. The van der Waals surface area contributed by atoms with Gasteiger partial charge in [-0.1, -0.05) is 19.9 Å². The standard InChI is InChI=1S/C22H32FN3O2/c1-16(2)15-24-21(27)17-6-10-25(11-7-17)20-8-12-26(13-9-20)22(28)18-4-3-5-19(23)14-18/h3-5,14,16-17,20H,6-13,15H2,1-2H3,(H,24,27). The molecule has 2 aliphatic heterocycles. The molecule has 28 heavy (non-hydrogen) atoms. The SMILES string of the molecule is CC(C)CNC(=O)C1CCN(C2CCN(C(=O)c3cccc(F)c3)CC2)CC1. The zero-order valence-corrected chi connectivity index (χ0v) is 17.0. The van der Waals surface area contributed by atoms with E-state index in [4.69, 9.17) is 0 Å². The molecule has 6 heteroatoms. The van der Waals surface area contributed by atoms with Crippen LogP contribution in [0.25, 0.3) is 0 Å². The first-order chi connectivity index (χ1) is 13.4. The molecule has 2 aliphatic rings. The molecule has 0 atom stereocenters. The summed E-state index contributed by atoms with van der Waals surface area (Å²) < 4.78 is 13.4. The van der Waals surface area contributed by atoms with Gasteiger partial charge in [0.1, 0.15) is 5.82 Å². The third-order valence-electron chi connectivity index (χ3n) is 5.92. The molecule has 0 aliphatic carbocycles. The van der Waals surface area contributed by atoms with E-state index < -0.39 is 0 Å². The van der Waals surface area contributed by atoms with Gasteiger partial charge in [-0.3, -0.25) is 9.59 Å². The predicted octanol–water partition coefficient (Wildman–Crippen LogP) is 2.91. The molecule has 1 aromatic rings. The normalized spacial score (nSPS) is 19.8. The van der Waals surface area contributed by atoms with Gasteiger partial charge in [0.15, 0.2) is 0 Å². The van der Waals surface area contributed by atoms with E-state index in [0.29, 0.717) is 30.6 Å². The van der Waals surface area contributed by atoms with Crippen molar-refractivity contribution < 1.29 is 14.0 Å². The van der Waals surface area contributed by atoms with Gasteiger partial charge in [-0.05, 0) is 62.9 Å². The van der Waals surface area contributed by atoms with E-state index in [1.165, 1.54) is 12.1 Å². The maximum atomic E-state index is 13.4. The number of halogens is 1. The number of carbonyl (C=O) groups is 2. The van der Waals surface area contributed by atoms with Crippen LogP contribution in [0, 0.1) is 17.7 Å². The lowest BCUT2D eigenvalue weighted by Gasteiger charge is -2.41. The lowest BCUT2D eigenvalue weighted by molar-refractivity contribution is -0.126. The van der Waals surface area contributed by atoms with Crippen LogP contribution >= 0.6 is 0 Å². The van der Waals surface area contributed by atoms with E-state index in [-0.39, 0.29) is 23.5 Å². The Morgan fingerprint density at radius 1 is 1.11 bits per heavy atom. The fraction of sp³-hybridized carbons (Fsp3) is 0.636. The Balaban J connectivity index is 1.43. The summed E-state index contributed by atoms with van der Waals surface area (Å²) in [6, 6.07) is 6.39. The summed E-state index contributed by atoms with van der Waals surface area (Å²) in [5.41, 5.74) is 0.423. The summed E-state index contributed by atoms with van der Waals surface area (Å²) in [7, 11) is 0. The van der Waals surface area contributed by atoms with Crippen LogP contribution in [-0.4, -0.2) is 60.4 Å². The van der Waals surface area contributed by atoms with Gasteiger partial charge in [0, 0.05) is 37.2 Å². The largest absolute Gasteiger partial charge is 0.356 e. The Morgan fingerprint density at radius 3 is 2.39 bits per heavy atom. The first kappa shape index (κ1) is 20.8. The molecule has 0 radical (unpaired) electrons. The fourth-order valence-electron chi connectivity index (χ4n) is 4.21. The van der Waals surface area contributed by atoms with Gasteiger partial charge in [-0.15, -0.1) is 0 Å². The molecule has 5 nitrogen and oxygen atoms in total. The molecule has 2 saturated heterocycles. The van der Waals surface area contributed by atoms with Crippen molar-refractivity contribution >= 4 is 11.8 Å². The zero-order valence-electron chi connectivity index (χ0n) is 17.0. The third kappa shape index (κ3) is 5.31. The number of rotatable bonds is 5. The third-order valence-corrected chi connectivity index (χ3v) is 5.92. The fourth-order valence-corrected chi connectivity index (χ4v) is 4.21. The summed E-state index contributed by atoms with van der Waals surface area (Å²) in [6.07, 6.45) is 3.69. The van der Waals surface area contributed by atoms with Crippen LogP contribution in [0.4, 0.5) is 4.39 Å². The Labute approximate surface area is 167 Å². The monoisotopic (exact) mass is 389 g/mol. The van der Waals surface area contributed by atoms with Crippen LogP contribution in [0.2, 0.25) is 0 Å². The topological polar surface area (TPSA) is 52.7 Å². The molecule has 2 amide bonds. The highest BCUT2D eigenvalue weighted by atomic mass is 19.1. The summed E-state index contributed by atoms with van der Waals surface area (Å²) in [4.78, 5) is 29.1. The average molecular weight is 390 g/mol.